The van der Waals surface area contributed by atoms with Gasteiger partial charge in [-0.1, -0.05) is 13.0 Å². The van der Waals surface area contributed by atoms with Crippen LogP contribution in [0.2, 0.25) is 0 Å². The summed E-state index contributed by atoms with van der Waals surface area (Å²) in [5.41, 5.74) is 5.97. The largest absolute Gasteiger partial charge is 0.402 e. The van der Waals surface area contributed by atoms with E-state index in [0.29, 0.717) is 9.87 Å². The molecule has 0 aliphatic carbocycles. The molecule has 0 radical (unpaired) electrons. The van der Waals surface area contributed by atoms with Gasteiger partial charge in [0.05, 0.1) is 4.90 Å². The van der Waals surface area contributed by atoms with Crippen LogP contribution in [-0.4, -0.2) is 32.0 Å². The lowest BCUT2D eigenvalue weighted by Crippen LogP contribution is -2.39. The highest BCUT2D eigenvalue weighted by Crippen LogP contribution is 2.28. The lowest BCUT2D eigenvalue weighted by molar-refractivity contribution is -0.136. The Bertz CT molecular complexity index is 591. The topological polar surface area (TPSA) is 63.4 Å². The molecule has 0 aromatic heterocycles. The molecule has 0 saturated carbocycles. The van der Waals surface area contributed by atoms with Crippen LogP contribution in [0.1, 0.15) is 18.9 Å². The fraction of sp³-hybridized carbons (Fsp3) is 0.500. The maximum absolute atomic E-state index is 12.6. The van der Waals surface area contributed by atoms with Crippen LogP contribution in [-0.2, 0) is 16.6 Å². The van der Waals surface area contributed by atoms with E-state index in [0.717, 1.165) is 0 Å². The quantitative estimate of drug-likeness (QED) is 0.814. The number of hydrogen-bond donors (Lipinski definition) is 1. The summed E-state index contributed by atoms with van der Waals surface area (Å²) in [7, 11) is -4.25. The van der Waals surface area contributed by atoms with Gasteiger partial charge in [-0.05, 0) is 40.0 Å². The second-order valence-corrected chi connectivity index (χ2v) is 7.18. The van der Waals surface area contributed by atoms with E-state index in [2.05, 4.69) is 15.9 Å². The first-order valence-corrected chi connectivity index (χ1v) is 8.40. The normalized spacial score (nSPS) is 12.9. The van der Waals surface area contributed by atoms with E-state index in [1.54, 1.807) is 13.0 Å². The number of benzene rings is 1. The van der Waals surface area contributed by atoms with Crippen LogP contribution >= 0.6 is 15.9 Å². The van der Waals surface area contributed by atoms with Gasteiger partial charge >= 0.3 is 6.18 Å². The van der Waals surface area contributed by atoms with Crippen molar-refractivity contribution in [1.29, 1.82) is 0 Å². The molecular formula is C12H16BrF3N2O2S. The monoisotopic (exact) mass is 388 g/mol. The number of sulfonamides is 1. The molecule has 0 spiro atoms. The van der Waals surface area contributed by atoms with Crippen LogP contribution < -0.4 is 5.73 Å². The Morgan fingerprint density at radius 1 is 1.33 bits per heavy atom. The molecule has 4 nitrogen and oxygen atoms in total. The van der Waals surface area contributed by atoms with Crippen molar-refractivity contribution >= 4 is 26.0 Å². The summed E-state index contributed by atoms with van der Waals surface area (Å²) >= 11 is 3.07. The highest BCUT2D eigenvalue weighted by atomic mass is 79.9. The van der Waals surface area contributed by atoms with Gasteiger partial charge in [-0.25, -0.2) is 8.42 Å². The summed E-state index contributed by atoms with van der Waals surface area (Å²) in [6.45, 7) is -0.00328. The van der Waals surface area contributed by atoms with Gasteiger partial charge in [0, 0.05) is 17.6 Å². The van der Waals surface area contributed by atoms with Crippen LogP contribution in [0.3, 0.4) is 0 Å². The Morgan fingerprint density at radius 3 is 2.43 bits per heavy atom. The lowest BCUT2D eigenvalue weighted by atomic mass is 10.2. The Morgan fingerprint density at radius 2 is 1.95 bits per heavy atom. The van der Waals surface area contributed by atoms with E-state index in [9.17, 15) is 21.6 Å². The van der Waals surface area contributed by atoms with Crippen LogP contribution in [0.5, 0.6) is 0 Å². The van der Waals surface area contributed by atoms with Crippen LogP contribution in [0.15, 0.2) is 27.6 Å². The fourth-order valence-electron chi connectivity index (χ4n) is 1.75. The molecule has 9 heteroatoms. The summed E-state index contributed by atoms with van der Waals surface area (Å²) in [6.07, 6.45) is -4.32. The molecule has 0 fully saturated rings. The molecule has 0 aliphatic rings. The van der Waals surface area contributed by atoms with Crippen molar-refractivity contribution in [2.75, 3.05) is 13.1 Å². The second-order valence-electron chi connectivity index (χ2n) is 4.42. The SMILES string of the molecule is CCCN(CC(F)(F)F)S(=O)(=O)c1cc(CN)ccc1Br. The van der Waals surface area contributed by atoms with Crippen molar-refractivity contribution < 1.29 is 21.6 Å². The lowest BCUT2D eigenvalue weighted by Gasteiger charge is -2.23. The van der Waals surface area contributed by atoms with Crippen molar-refractivity contribution in [2.24, 2.45) is 5.73 Å². The maximum atomic E-state index is 12.6. The smallest absolute Gasteiger partial charge is 0.326 e. The van der Waals surface area contributed by atoms with Gasteiger partial charge in [-0.2, -0.15) is 17.5 Å². The van der Waals surface area contributed by atoms with Gasteiger partial charge in [0.2, 0.25) is 10.0 Å². The van der Waals surface area contributed by atoms with Gasteiger partial charge in [-0.3, -0.25) is 0 Å². The number of rotatable bonds is 6. The third kappa shape index (κ3) is 4.94. The van der Waals surface area contributed by atoms with E-state index in [1.807, 2.05) is 0 Å². The van der Waals surface area contributed by atoms with Crippen molar-refractivity contribution in [3.05, 3.63) is 28.2 Å². The molecule has 0 unspecified atom stereocenters. The van der Waals surface area contributed by atoms with Gasteiger partial charge in [-0.15, -0.1) is 0 Å². The molecule has 21 heavy (non-hydrogen) atoms. The van der Waals surface area contributed by atoms with Crippen molar-refractivity contribution in [3.63, 3.8) is 0 Å². The number of hydrogen-bond acceptors (Lipinski definition) is 3. The molecule has 1 aromatic rings. The first-order chi connectivity index (χ1) is 9.61. The first kappa shape index (κ1) is 18.4. The Balaban J connectivity index is 3.28. The minimum Gasteiger partial charge on any atom is -0.326 e. The van der Waals surface area contributed by atoms with Gasteiger partial charge in [0.25, 0.3) is 0 Å². The van der Waals surface area contributed by atoms with Crippen molar-refractivity contribution in [1.82, 2.24) is 4.31 Å². The average molecular weight is 389 g/mol. The number of halogens is 4. The van der Waals surface area contributed by atoms with E-state index >= 15 is 0 Å². The van der Waals surface area contributed by atoms with Gasteiger partial charge in [0.15, 0.2) is 0 Å². The molecule has 1 aromatic carbocycles. The molecule has 120 valence electrons. The van der Waals surface area contributed by atoms with Crippen molar-refractivity contribution in [2.45, 2.75) is 31.0 Å². The maximum Gasteiger partial charge on any atom is 0.402 e. The fourth-order valence-corrected chi connectivity index (χ4v) is 4.24. The minimum absolute atomic E-state index is 0.100. The third-order valence-corrected chi connectivity index (χ3v) is 5.52. The van der Waals surface area contributed by atoms with Crippen LogP contribution in [0.25, 0.3) is 0 Å². The van der Waals surface area contributed by atoms with E-state index in [-0.39, 0.29) is 28.9 Å². The van der Waals surface area contributed by atoms with Crippen LogP contribution in [0.4, 0.5) is 13.2 Å². The highest BCUT2D eigenvalue weighted by molar-refractivity contribution is 9.10. The zero-order valence-electron chi connectivity index (χ0n) is 11.3. The summed E-state index contributed by atoms with van der Waals surface area (Å²) in [5.74, 6) is 0. The molecule has 2 N–H and O–H groups in total. The van der Waals surface area contributed by atoms with Gasteiger partial charge < -0.3 is 5.73 Å². The molecule has 0 amide bonds. The third-order valence-electron chi connectivity index (χ3n) is 2.68. The zero-order valence-corrected chi connectivity index (χ0v) is 13.7. The predicted octanol–water partition coefficient (Wildman–Crippen LogP) is 2.87. The number of nitrogens with zero attached hydrogens (tertiary/aromatic N) is 1. The molecule has 0 aliphatic heterocycles. The Kier molecular flexibility index (Phi) is 6.21. The Hall–Kier alpha value is -0.640. The molecular weight excluding hydrogens is 373 g/mol. The predicted molar refractivity (Wildman–Crippen MR) is 77.1 cm³/mol. The Labute approximate surface area is 130 Å². The average Bonchev–Trinajstić information content (AvgIpc) is 2.37. The molecule has 1 rings (SSSR count). The first-order valence-electron chi connectivity index (χ1n) is 6.17. The molecule has 0 bridgehead atoms. The zero-order chi connectivity index (χ0) is 16.3. The van der Waals surface area contributed by atoms with E-state index in [1.165, 1.54) is 12.1 Å². The minimum atomic E-state index is -4.60. The summed E-state index contributed by atoms with van der Waals surface area (Å²) < 4.78 is 63.3. The molecule has 0 atom stereocenters. The summed E-state index contributed by atoms with van der Waals surface area (Å²) in [6, 6.07) is 4.36. The standard InChI is InChI=1S/C12H16BrF3N2O2S/c1-2-5-18(8-12(14,15)16)21(19,20)11-6-9(7-17)3-4-10(11)13/h3-4,6H,2,5,7-8,17H2,1H3. The van der Waals surface area contributed by atoms with E-state index < -0.39 is 22.7 Å². The molecule has 0 saturated heterocycles. The highest BCUT2D eigenvalue weighted by Gasteiger charge is 2.37. The number of nitrogens with two attached hydrogens (primary N) is 1. The summed E-state index contributed by atoms with van der Waals surface area (Å²) in [4.78, 5) is -0.205. The number of alkyl halides is 3. The van der Waals surface area contributed by atoms with Crippen molar-refractivity contribution in [3.8, 4) is 0 Å². The second kappa shape index (κ2) is 7.08. The molecule has 0 heterocycles. The van der Waals surface area contributed by atoms with Crippen LogP contribution in [0, 0.1) is 0 Å². The van der Waals surface area contributed by atoms with Gasteiger partial charge in [0.1, 0.15) is 6.54 Å². The summed E-state index contributed by atoms with van der Waals surface area (Å²) in [5, 5.41) is 0. The van der Waals surface area contributed by atoms with E-state index in [4.69, 9.17) is 5.73 Å².